The maximum Gasteiger partial charge on any atom is 0.306 e. The Bertz CT molecular complexity index is 1260. The van der Waals surface area contributed by atoms with E-state index in [1.54, 1.807) is 0 Å². The Morgan fingerprint density at radius 2 is 0.746 bits per heavy atom. The van der Waals surface area contributed by atoms with Gasteiger partial charge in [-0.1, -0.05) is 194 Å². The van der Waals surface area contributed by atoms with E-state index in [1.807, 2.05) is 60.8 Å². The summed E-state index contributed by atoms with van der Waals surface area (Å²) in [6.45, 7) is 6.26. The van der Waals surface area contributed by atoms with Gasteiger partial charge in [0.1, 0.15) is 13.2 Å². The predicted octanol–water partition coefficient (Wildman–Crippen LogP) is 15.2. The summed E-state index contributed by atoms with van der Waals surface area (Å²) in [6.07, 6.45) is 62.1. The van der Waals surface area contributed by atoms with E-state index < -0.39 is 6.10 Å². The van der Waals surface area contributed by atoms with Crippen molar-refractivity contribution >= 4 is 17.9 Å². The number of rotatable bonds is 40. The third kappa shape index (κ3) is 45.0. The van der Waals surface area contributed by atoms with E-state index in [-0.39, 0.29) is 31.1 Å². The third-order valence-corrected chi connectivity index (χ3v) is 9.40. The SMILES string of the molecule is CC\C=C/C=C\C=C/C=C\C=C\C=C/CCCCCC(=O)OCC(COC(=O)CCCCCC/C=C\CCCC)OC(=O)CCCCCCCCC/C=C\C/C=C\CC. The van der Waals surface area contributed by atoms with E-state index in [4.69, 9.17) is 14.2 Å². The highest BCUT2D eigenvalue weighted by atomic mass is 16.6. The summed E-state index contributed by atoms with van der Waals surface area (Å²) in [5.74, 6) is -0.982. The lowest BCUT2D eigenvalue weighted by Crippen LogP contribution is -2.30. The molecule has 0 aliphatic heterocycles. The summed E-state index contributed by atoms with van der Waals surface area (Å²) in [6, 6.07) is 0. The van der Waals surface area contributed by atoms with Crippen LogP contribution in [0.2, 0.25) is 0 Å². The van der Waals surface area contributed by atoms with Crippen LogP contribution in [0.5, 0.6) is 0 Å². The first kappa shape index (κ1) is 55.1. The first-order chi connectivity index (χ1) is 29.0. The summed E-state index contributed by atoms with van der Waals surface area (Å²) < 4.78 is 16.7. The van der Waals surface area contributed by atoms with E-state index in [9.17, 15) is 14.4 Å². The predicted molar refractivity (Wildman–Crippen MR) is 251 cm³/mol. The molecule has 0 aromatic heterocycles. The molecule has 0 amide bonds. The number of carbonyl (C=O) groups is 3. The van der Waals surface area contributed by atoms with Crippen LogP contribution >= 0.6 is 0 Å². The second-order valence-corrected chi connectivity index (χ2v) is 15.0. The normalized spacial score (nSPS) is 13.1. The molecule has 0 aliphatic carbocycles. The van der Waals surface area contributed by atoms with Gasteiger partial charge in [0.25, 0.3) is 0 Å². The molecule has 0 fully saturated rings. The highest BCUT2D eigenvalue weighted by molar-refractivity contribution is 5.71. The lowest BCUT2D eigenvalue weighted by molar-refractivity contribution is -0.167. The van der Waals surface area contributed by atoms with Crippen LogP contribution in [0.4, 0.5) is 0 Å². The van der Waals surface area contributed by atoms with Gasteiger partial charge in [-0.2, -0.15) is 0 Å². The fourth-order valence-corrected chi connectivity index (χ4v) is 5.90. The van der Waals surface area contributed by atoms with Gasteiger partial charge in [0.2, 0.25) is 0 Å². The summed E-state index contributed by atoms with van der Waals surface area (Å²) >= 11 is 0. The fraction of sp³-hybridized carbons (Fsp3) is 0.604. The van der Waals surface area contributed by atoms with Crippen LogP contribution in [0.1, 0.15) is 188 Å². The Balaban J connectivity index is 4.51. The zero-order chi connectivity index (χ0) is 43.0. The van der Waals surface area contributed by atoms with E-state index in [0.29, 0.717) is 19.3 Å². The molecule has 0 spiro atoms. The highest BCUT2D eigenvalue weighted by Gasteiger charge is 2.19. The molecule has 0 heterocycles. The van der Waals surface area contributed by atoms with Crippen LogP contribution in [0, 0.1) is 0 Å². The topological polar surface area (TPSA) is 78.9 Å². The fourth-order valence-electron chi connectivity index (χ4n) is 5.90. The summed E-state index contributed by atoms with van der Waals surface area (Å²) in [5.41, 5.74) is 0. The number of esters is 3. The van der Waals surface area contributed by atoms with E-state index in [1.165, 1.54) is 38.5 Å². The van der Waals surface area contributed by atoms with Gasteiger partial charge < -0.3 is 14.2 Å². The van der Waals surface area contributed by atoms with Gasteiger partial charge in [-0.15, -0.1) is 0 Å². The number of hydrogen-bond acceptors (Lipinski definition) is 6. The Hall–Kier alpha value is -3.93. The molecule has 1 unspecified atom stereocenters. The monoisotopic (exact) mass is 817 g/mol. The molecule has 6 nitrogen and oxygen atoms in total. The molecule has 59 heavy (non-hydrogen) atoms. The second kappa shape index (κ2) is 46.8. The lowest BCUT2D eigenvalue weighted by atomic mass is 10.1. The molecule has 0 saturated heterocycles. The maximum absolute atomic E-state index is 12.7. The maximum atomic E-state index is 12.7. The molecule has 0 saturated carbocycles. The second-order valence-electron chi connectivity index (χ2n) is 15.0. The molecule has 6 heteroatoms. The van der Waals surface area contributed by atoms with Crippen molar-refractivity contribution in [3.8, 4) is 0 Å². The van der Waals surface area contributed by atoms with E-state index in [2.05, 4.69) is 69.4 Å². The average Bonchev–Trinajstić information content (AvgIpc) is 3.23. The van der Waals surface area contributed by atoms with Crippen LogP contribution in [-0.4, -0.2) is 37.2 Å². The summed E-state index contributed by atoms with van der Waals surface area (Å²) in [7, 11) is 0. The number of unbranched alkanes of at least 4 members (excludes halogenated alkanes) is 16. The number of carbonyl (C=O) groups excluding carboxylic acids is 3. The van der Waals surface area contributed by atoms with Gasteiger partial charge in [-0.25, -0.2) is 0 Å². The number of allylic oxidation sites excluding steroid dienone is 18. The Labute approximate surface area is 361 Å². The standard InChI is InChI=1S/C53H84O6/c1-4-7-10-13-16-19-22-24-26-27-28-30-31-34-37-40-43-46-52(55)58-49-50(48-57-51(54)45-42-39-36-33-21-18-15-12-9-6-3)59-53(56)47-44-41-38-35-32-29-25-23-20-17-14-11-8-5-2/h7-8,10-11,13,15-20,22,24,26-28,30-31,50H,4-6,9,12,14,21,23,25,29,32-49H2,1-3H3/b10-7-,11-8-,16-13-,18-15-,20-17-,22-19-,26-24-,28-27+,31-30-. The molecular formula is C53H84O6. The largest absolute Gasteiger partial charge is 0.462 e. The first-order valence-electron chi connectivity index (χ1n) is 23.5. The molecule has 0 aliphatic rings. The zero-order valence-electron chi connectivity index (χ0n) is 37.7. The van der Waals surface area contributed by atoms with Gasteiger partial charge in [0.15, 0.2) is 6.10 Å². The minimum absolute atomic E-state index is 0.105. The van der Waals surface area contributed by atoms with Crippen LogP contribution in [0.3, 0.4) is 0 Å². The van der Waals surface area contributed by atoms with Crippen molar-refractivity contribution in [3.63, 3.8) is 0 Å². The quantitative estimate of drug-likeness (QED) is 0.0201. The third-order valence-electron chi connectivity index (χ3n) is 9.40. The number of hydrogen-bond donors (Lipinski definition) is 0. The van der Waals surface area contributed by atoms with Crippen molar-refractivity contribution in [2.24, 2.45) is 0 Å². The molecule has 0 aromatic carbocycles. The van der Waals surface area contributed by atoms with Gasteiger partial charge in [-0.05, 0) is 83.5 Å². The van der Waals surface area contributed by atoms with Crippen molar-refractivity contribution in [1.29, 1.82) is 0 Å². The van der Waals surface area contributed by atoms with Crippen LogP contribution in [0.15, 0.2) is 109 Å². The molecular weight excluding hydrogens is 733 g/mol. The van der Waals surface area contributed by atoms with Crippen LogP contribution in [-0.2, 0) is 28.6 Å². The minimum Gasteiger partial charge on any atom is -0.462 e. The molecule has 0 rings (SSSR count). The van der Waals surface area contributed by atoms with Gasteiger partial charge in [0.05, 0.1) is 0 Å². The van der Waals surface area contributed by atoms with E-state index in [0.717, 1.165) is 109 Å². The van der Waals surface area contributed by atoms with Crippen LogP contribution < -0.4 is 0 Å². The average molecular weight is 817 g/mol. The van der Waals surface area contributed by atoms with Crippen molar-refractivity contribution in [3.05, 3.63) is 109 Å². The van der Waals surface area contributed by atoms with Crippen LogP contribution in [0.25, 0.3) is 0 Å². The van der Waals surface area contributed by atoms with Gasteiger partial charge in [0, 0.05) is 19.3 Å². The Kier molecular flexibility index (Phi) is 43.6. The number of ether oxygens (including phenoxy) is 3. The van der Waals surface area contributed by atoms with Crippen molar-refractivity contribution in [1.82, 2.24) is 0 Å². The Morgan fingerprint density at radius 1 is 0.373 bits per heavy atom. The lowest BCUT2D eigenvalue weighted by Gasteiger charge is -2.18. The minimum atomic E-state index is -0.805. The van der Waals surface area contributed by atoms with E-state index >= 15 is 0 Å². The van der Waals surface area contributed by atoms with Crippen molar-refractivity contribution in [2.45, 2.75) is 194 Å². The van der Waals surface area contributed by atoms with Crippen molar-refractivity contribution < 1.29 is 28.6 Å². The summed E-state index contributed by atoms with van der Waals surface area (Å²) in [5, 5.41) is 0. The van der Waals surface area contributed by atoms with Gasteiger partial charge >= 0.3 is 17.9 Å². The Morgan fingerprint density at radius 3 is 1.25 bits per heavy atom. The highest BCUT2D eigenvalue weighted by Crippen LogP contribution is 2.13. The molecule has 0 bridgehead atoms. The zero-order valence-corrected chi connectivity index (χ0v) is 37.7. The van der Waals surface area contributed by atoms with Crippen molar-refractivity contribution in [2.75, 3.05) is 13.2 Å². The summed E-state index contributed by atoms with van der Waals surface area (Å²) in [4.78, 5) is 37.8. The molecule has 0 N–H and O–H groups in total. The van der Waals surface area contributed by atoms with Gasteiger partial charge in [-0.3, -0.25) is 14.4 Å². The first-order valence-corrected chi connectivity index (χ1v) is 23.5. The molecule has 332 valence electrons. The molecule has 0 radical (unpaired) electrons. The molecule has 0 aromatic rings. The molecule has 1 atom stereocenters. The smallest absolute Gasteiger partial charge is 0.306 e.